The molecule has 4 rings (SSSR count). The molecule has 1 unspecified atom stereocenters. The molecule has 162 valence electrons. The van der Waals surface area contributed by atoms with E-state index in [1.165, 1.54) is 4.68 Å². The number of carbonyl (C=O) groups excluding carboxylic acids is 1. The van der Waals surface area contributed by atoms with Crippen molar-refractivity contribution in [2.45, 2.75) is 51.6 Å². The van der Waals surface area contributed by atoms with Crippen LogP contribution in [0.5, 0.6) is 0 Å². The van der Waals surface area contributed by atoms with Crippen molar-refractivity contribution < 1.29 is 9.21 Å². The first-order chi connectivity index (χ1) is 14.9. The van der Waals surface area contributed by atoms with Crippen molar-refractivity contribution in [3.05, 3.63) is 85.6 Å². The van der Waals surface area contributed by atoms with Crippen LogP contribution in [0.3, 0.4) is 0 Å². The first kappa shape index (κ1) is 20.8. The van der Waals surface area contributed by atoms with Gasteiger partial charge >= 0.3 is 11.3 Å². The van der Waals surface area contributed by atoms with Crippen LogP contribution in [0.1, 0.15) is 45.9 Å². The van der Waals surface area contributed by atoms with Gasteiger partial charge in [-0.1, -0.05) is 30.3 Å². The summed E-state index contributed by atoms with van der Waals surface area (Å²) in [7, 11) is 1.63. The number of nitrogens with zero attached hydrogens (tertiary/aromatic N) is 3. The van der Waals surface area contributed by atoms with Gasteiger partial charge in [0.2, 0.25) is 0 Å². The van der Waals surface area contributed by atoms with Crippen molar-refractivity contribution in [3.8, 4) is 0 Å². The van der Waals surface area contributed by atoms with E-state index in [-0.39, 0.29) is 17.3 Å². The Balaban J connectivity index is 1.42. The number of aryl methyl sites for hydroxylation is 5. The molecule has 8 heteroatoms. The average molecular weight is 422 g/mol. The van der Waals surface area contributed by atoms with Crippen LogP contribution in [-0.2, 0) is 32.9 Å². The van der Waals surface area contributed by atoms with Gasteiger partial charge in [-0.2, -0.15) is 5.10 Å². The smallest absolute Gasteiger partial charge is 0.349 e. The number of carbonyl (C=O) groups is 1. The minimum Gasteiger partial charge on any atom is -0.427 e. The van der Waals surface area contributed by atoms with Gasteiger partial charge in [0, 0.05) is 32.5 Å². The van der Waals surface area contributed by atoms with Crippen molar-refractivity contribution >= 4 is 5.91 Å². The highest BCUT2D eigenvalue weighted by atomic mass is 16.4. The molecule has 1 aliphatic heterocycles. The molecule has 0 radical (unpaired) electrons. The van der Waals surface area contributed by atoms with Crippen molar-refractivity contribution in [3.63, 3.8) is 0 Å². The fraction of sp³-hybridized carbons (Fsp3) is 0.391. The molecular formula is C23H26N4O4. The fourth-order valence-electron chi connectivity index (χ4n) is 4.08. The number of hydrogen-bond donors (Lipinski definition) is 1. The van der Waals surface area contributed by atoms with Crippen LogP contribution < -0.4 is 16.6 Å². The highest BCUT2D eigenvalue weighted by molar-refractivity contribution is 5.95. The van der Waals surface area contributed by atoms with E-state index in [1.807, 2.05) is 30.3 Å². The maximum atomic E-state index is 12.8. The Morgan fingerprint density at radius 2 is 1.97 bits per heavy atom. The number of rotatable bonds is 5. The zero-order valence-electron chi connectivity index (χ0n) is 17.8. The normalized spacial score (nSPS) is 15.9. The van der Waals surface area contributed by atoms with Gasteiger partial charge in [0.15, 0.2) is 0 Å². The molecule has 1 atom stereocenters. The third-order valence-corrected chi connectivity index (χ3v) is 5.77. The standard InChI is InChI=1S/C23H26N4O4/c1-15-14-18(10-8-16-6-4-3-5-7-16)31-22(29)20(15)21(28)24-17-9-11-19-25-26(2)23(30)27(19)13-12-17/h3-7,14,17H,8-13H2,1-2H3,(H,24,28). The van der Waals surface area contributed by atoms with Crippen molar-refractivity contribution in [2.24, 2.45) is 7.05 Å². The van der Waals surface area contributed by atoms with E-state index >= 15 is 0 Å². The van der Waals surface area contributed by atoms with Gasteiger partial charge in [0.05, 0.1) is 0 Å². The maximum Gasteiger partial charge on any atom is 0.349 e. The Hall–Kier alpha value is -3.42. The molecule has 1 N–H and O–H groups in total. The van der Waals surface area contributed by atoms with E-state index in [0.29, 0.717) is 43.6 Å². The monoisotopic (exact) mass is 422 g/mol. The number of aromatic nitrogens is 3. The Bertz CT molecular complexity index is 1210. The van der Waals surface area contributed by atoms with Gasteiger partial charge in [-0.25, -0.2) is 14.3 Å². The predicted octanol–water partition coefficient (Wildman–Crippen LogP) is 1.76. The summed E-state index contributed by atoms with van der Waals surface area (Å²) in [4.78, 5) is 37.5. The molecular weight excluding hydrogens is 396 g/mol. The SMILES string of the molecule is Cc1cc(CCc2ccccc2)oc(=O)c1C(=O)NC1CCc2nn(C)c(=O)n2CC1. The first-order valence-electron chi connectivity index (χ1n) is 10.5. The van der Waals surface area contributed by atoms with Crippen molar-refractivity contribution in [2.75, 3.05) is 0 Å². The lowest BCUT2D eigenvalue weighted by Gasteiger charge is -2.16. The molecule has 0 spiro atoms. The largest absolute Gasteiger partial charge is 0.427 e. The summed E-state index contributed by atoms with van der Waals surface area (Å²) in [5.74, 6) is 0.861. The van der Waals surface area contributed by atoms with Crippen LogP contribution in [0.15, 0.2) is 50.4 Å². The highest BCUT2D eigenvalue weighted by Crippen LogP contribution is 2.14. The number of benzene rings is 1. The second kappa shape index (κ2) is 8.75. The third kappa shape index (κ3) is 4.52. The zero-order chi connectivity index (χ0) is 22.0. The van der Waals surface area contributed by atoms with Crippen LogP contribution in [0.4, 0.5) is 0 Å². The Kier molecular flexibility index (Phi) is 5.88. The van der Waals surface area contributed by atoms with Crippen LogP contribution in [0.2, 0.25) is 0 Å². The number of nitrogens with one attached hydrogen (secondary N) is 1. The van der Waals surface area contributed by atoms with Gasteiger partial charge in [0.25, 0.3) is 5.91 Å². The average Bonchev–Trinajstić information content (AvgIpc) is 2.89. The van der Waals surface area contributed by atoms with E-state index in [9.17, 15) is 14.4 Å². The number of amides is 1. The molecule has 0 aliphatic carbocycles. The summed E-state index contributed by atoms with van der Waals surface area (Å²) < 4.78 is 8.42. The van der Waals surface area contributed by atoms with E-state index in [4.69, 9.17) is 4.42 Å². The molecule has 3 heterocycles. The summed E-state index contributed by atoms with van der Waals surface area (Å²) in [5, 5.41) is 7.19. The topological polar surface area (TPSA) is 99.1 Å². The zero-order valence-corrected chi connectivity index (χ0v) is 17.8. The maximum absolute atomic E-state index is 12.8. The summed E-state index contributed by atoms with van der Waals surface area (Å²) in [6, 6.07) is 11.6. The molecule has 31 heavy (non-hydrogen) atoms. The quantitative estimate of drug-likeness (QED) is 0.676. The Labute approximate surface area is 179 Å². The summed E-state index contributed by atoms with van der Waals surface area (Å²) in [5.41, 5.74) is 1.04. The minimum absolute atomic E-state index is 0.0429. The molecule has 1 aromatic carbocycles. The second-order valence-electron chi connectivity index (χ2n) is 8.02. The second-order valence-corrected chi connectivity index (χ2v) is 8.02. The van der Waals surface area contributed by atoms with Crippen LogP contribution in [-0.4, -0.2) is 26.3 Å². The molecule has 2 aromatic heterocycles. The van der Waals surface area contributed by atoms with E-state index in [2.05, 4.69) is 10.4 Å². The van der Waals surface area contributed by atoms with Crippen LogP contribution >= 0.6 is 0 Å². The van der Waals surface area contributed by atoms with E-state index in [1.54, 1.807) is 24.6 Å². The minimum atomic E-state index is -0.615. The molecule has 1 aliphatic rings. The Morgan fingerprint density at radius 3 is 2.71 bits per heavy atom. The lowest BCUT2D eigenvalue weighted by Crippen LogP contribution is -2.38. The van der Waals surface area contributed by atoms with Gasteiger partial charge in [-0.15, -0.1) is 0 Å². The number of fused-ring (bicyclic) bond motifs is 1. The highest BCUT2D eigenvalue weighted by Gasteiger charge is 2.24. The van der Waals surface area contributed by atoms with Crippen LogP contribution in [0, 0.1) is 6.92 Å². The third-order valence-electron chi connectivity index (χ3n) is 5.77. The molecule has 3 aromatic rings. The molecule has 1 amide bonds. The van der Waals surface area contributed by atoms with E-state index < -0.39 is 11.5 Å². The summed E-state index contributed by atoms with van der Waals surface area (Å²) in [6.45, 7) is 2.24. The van der Waals surface area contributed by atoms with Gasteiger partial charge in [-0.05, 0) is 43.4 Å². The fourth-order valence-corrected chi connectivity index (χ4v) is 4.08. The number of hydrogen-bond acceptors (Lipinski definition) is 5. The van der Waals surface area contributed by atoms with Crippen molar-refractivity contribution in [1.82, 2.24) is 19.7 Å². The predicted molar refractivity (Wildman–Crippen MR) is 115 cm³/mol. The lowest BCUT2D eigenvalue weighted by molar-refractivity contribution is 0.0927. The lowest BCUT2D eigenvalue weighted by atomic mass is 10.0. The van der Waals surface area contributed by atoms with Gasteiger partial charge < -0.3 is 9.73 Å². The van der Waals surface area contributed by atoms with Gasteiger partial charge in [-0.3, -0.25) is 9.36 Å². The molecule has 0 fully saturated rings. The molecule has 0 bridgehead atoms. The van der Waals surface area contributed by atoms with Crippen molar-refractivity contribution in [1.29, 1.82) is 0 Å². The first-order valence-corrected chi connectivity index (χ1v) is 10.5. The van der Waals surface area contributed by atoms with Crippen LogP contribution in [0.25, 0.3) is 0 Å². The Morgan fingerprint density at radius 1 is 1.19 bits per heavy atom. The summed E-state index contributed by atoms with van der Waals surface area (Å²) >= 11 is 0. The molecule has 8 nitrogen and oxygen atoms in total. The van der Waals surface area contributed by atoms with Gasteiger partial charge in [0.1, 0.15) is 17.1 Å². The molecule has 0 saturated carbocycles. The summed E-state index contributed by atoms with van der Waals surface area (Å²) in [6.07, 6.45) is 3.19. The van der Waals surface area contributed by atoms with E-state index in [0.717, 1.165) is 17.8 Å². The molecule has 0 saturated heterocycles.